The maximum absolute atomic E-state index is 11.4. The van der Waals surface area contributed by atoms with Gasteiger partial charge >= 0.3 is 0 Å². The molecule has 2 aromatic rings. The van der Waals surface area contributed by atoms with Crippen molar-refractivity contribution in [2.24, 2.45) is 0 Å². The molecule has 114 valence electrons. The predicted molar refractivity (Wildman–Crippen MR) is 87.2 cm³/mol. The van der Waals surface area contributed by atoms with Crippen LogP contribution in [-0.4, -0.2) is 23.1 Å². The molecule has 0 radical (unpaired) electrons. The van der Waals surface area contributed by atoms with Crippen molar-refractivity contribution in [3.8, 4) is 0 Å². The summed E-state index contributed by atoms with van der Waals surface area (Å²) in [5.74, 6) is 0.0717. The van der Waals surface area contributed by atoms with E-state index in [9.17, 15) is 4.79 Å². The van der Waals surface area contributed by atoms with Gasteiger partial charge in [-0.25, -0.2) is 0 Å². The minimum Gasteiger partial charge on any atom is -0.359 e. The van der Waals surface area contributed by atoms with Crippen LogP contribution in [-0.2, 0) is 17.9 Å². The summed E-state index contributed by atoms with van der Waals surface area (Å²) >= 11 is 0. The fraction of sp³-hybridized carbons (Fsp3) is 0.471. The molecule has 2 N–H and O–H groups in total. The Labute approximate surface area is 126 Å². The number of fused-ring (bicyclic) bond motifs is 1. The van der Waals surface area contributed by atoms with Crippen LogP contribution in [0.2, 0.25) is 0 Å². The van der Waals surface area contributed by atoms with Crippen molar-refractivity contribution < 1.29 is 4.79 Å². The summed E-state index contributed by atoms with van der Waals surface area (Å²) < 4.78 is 2.14. The van der Waals surface area contributed by atoms with Gasteiger partial charge in [0.05, 0.1) is 0 Å². The summed E-state index contributed by atoms with van der Waals surface area (Å²) in [6.07, 6.45) is 2.55. The number of aromatic nitrogens is 1. The minimum absolute atomic E-state index is 0.0717. The third-order valence-electron chi connectivity index (χ3n) is 3.52. The summed E-state index contributed by atoms with van der Waals surface area (Å²) in [7, 11) is 1.67. The molecule has 1 aromatic heterocycles. The zero-order valence-electron chi connectivity index (χ0n) is 13.4. The van der Waals surface area contributed by atoms with E-state index in [1.165, 1.54) is 16.5 Å². The van der Waals surface area contributed by atoms with Gasteiger partial charge in [0.15, 0.2) is 0 Å². The number of hydrogen-bond donors (Lipinski definition) is 2. The van der Waals surface area contributed by atoms with E-state index >= 15 is 0 Å². The normalized spacial score (nSPS) is 11.8. The van der Waals surface area contributed by atoms with E-state index in [0.717, 1.165) is 6.54 Å². The molecule has 2 rings (SSSR count). The van der Waals surface area contributed by atoms with Crippen LogP contribution in [0.5, 0.6) is 0 Å². The molecule has 0 unspecified atom stereocenters. The Morgan fingerprint density at radius 3 is 2.67 bits per heavy atom. The van der Waals surface area contributed by atoms with Crippen molar-refractivity contribution in [3.05, 3.63) is 36.0 Å². The molecule has 0 fully saturated rings. The third kappa shape index (κ3) is 4.33. The first kappa shape index (κ1) is 15.6. The molecule has 0 aliphatic carbocycles. The van der Waals surface area contributed by atoms with Crippen LogP contribution in [0.4, 0.5) is 0 Å². The van der Waals surface area contributed by atoms with Crippen molar-refractivity contribution in [3.63, 3.8) is 0 Å². The molecule has 1 amide bonds. The number of amides is 1. The van der Waals surface area contributed by atoms with Crippen LogP contribution in [0.15, 0.2) is 30.5 Å². The maximum atomic E-state index is 11.4. The number of rotatable bonds is 5. The van der Waals surface area contributed by atoms with E-state index in [2.05, 4.69) is 66.4 Å². The van der Waals surface area contributed by atoms with Crippen LogP contribution in [0.3, 0.4) is 0 Å². The standard InChI is InChI=1S/C17H25N3O/c1-17(2,3)19-12-13-5-6-14-7-9-20(15(14)11-13)10-8-16(21)18-4/h5-7,9,11,19H,8,10,12H2,1-4H3,(H,18,21). The average molecular weight is 287 g/mol. The highest BCUT2D eigenvalue weighted by atomic mass is 16.1. The molecule has 0 spiro atoms. The average Bonchev–Trinajstić information content (AvgIpc) is 2.84. The molecule has 4 heteroatoms. The maximum Gasteiger partial charge on any atom is 0.221 e. The number of aryl methyl sites for hydroxylation is 1. The SMILES string of the molecule is CNC(=O)CCn1ccc2ccc(CNC(C)(C)C)cc21. The van der Waals surface area contributed by atoms with Crippen molar-refractivity contribution in [1.82, 2.24) is 15.2 Å². The Hall–Kier alpha value is -1.81. The predicted octanol–water partition coefficient (Wildman–Crippen LogP) is 2.67. The van der Waals surface area contributed by atoms with Crippen LogP contribution >= 0.6 is 0 Å². The third-order valence-corrected chi connectivity index (χ3v) is 3.52. The van der Waals surface area contributed by atoms with E-state index in [4.69, 9.17) is 0 Å². The van der Waals surface area contributed by atoms with Gasteiger partial charge in [-0.2, -0.15) is 0 Å². The van der Waals surface area contributed by atoms with Gasteiger partial charge < -0.3 is 15.2 Å². The van der Waals surface area contributed by atoms with Crippen LogP contribution in [0.25, 0.3) is 10.9 Å². The van der Waals surface area contributed by atoms with Crippen LogP contribution in [0, 0.1) is 0 Å². The summed E-state index contributed by atoms with van der Waals surface area (Å²) in [4.78, 5) is 11.4. The summed E-state index contributed by atoms with van der Waals surface area (Å²) in [5.41, 5.74) is 2.56. The van der Waals surface area contributed by atoms with E-state index in [1.807, 2.05) is 0 Å². The fourth-order valence-electron chi connectivity index (χ4n) is 2.25. The molecule has 0 bridgehead atoms. The van der Waals surface area contributed by atoms with E-state index in [-0.39, 0.29) is 11.4 Å². The van der Waals surface area contributed by atoms with Crippen LogP contribution in [0.1, 0.15) is 32.8 Å². The minimum atomic E-state index is 0.0717. The highest BCUT2D eigenvalue weighted by Crippen LogP contribution is 2.18. The number of hydrogen-bond acceptors (Lipinski definition) is 2. The Morgan fingerprint density at radius 2 is 2.00 bits per heavy atom. The second kappa shape index (κ2) is 6.31. The molecule has 1 aromatic carbocycles. The molecular weight excluding hydrogens is 262 g/mol. The smallest absolute Gasteiger partial charge is 0.221 e. The van der Waals surface area contributed by atoms with E-state index in [0.29, 0.717) is 13.0 Å². The molecule has 0 saturated carbocycles. The van der Waals surface area contributed by atoms with Crippen LogP contribution < -0.4 is 10.6 Å². The summed E-state index contributed by atoms with van der Waals surface area (Å²) in [5, 5.41) is 7.38. The Bertz CT molecular complexity index is 622. The van der Waals surface area contributed by atoms with Gasteiger partial charge in [-0.05, 0) is 43.9 Å². The molecule has 0 aliphatic rings. The number of nitrogens with one attached hydrogen (secondary N) is 2. The summed E-state index contributed by atoms with van der Waals surface area (Å²) in [6, 6.07) is 8.60. The lowest BCUT2D eigenvalue weighted by Gasteiger charge is -2.20. The first-order valence-electron chi connectivity index (χ1n) is 7.42. The lowest BCUT2D eigenvalue weighted by Crippen LogP contribution is -2.35. The van der Waals surface area contributed by atoms with E-state index in [1.54, 1.807) is 7.05 Å². The van der Waals surface area contributed by atoms with Crippen molar-refractivity contribution in [2.75, 3.05) is 7.05 Å². The number of benzene rings is 1. The second-order valence-corrected chi connectivity index (χ2v) is 6.43. The zero-order chi connectivity index (χ0) is 15.5. The fourth-order valence-corrected chi connectivity index (χ4v) is 2.25. The lowest BCUT2D eigenvalue weighted by atomic mass is 10.1. The van der Waals surface area contributed by atoms with Gasteiger partial charge in [0.2, 0.25) is 5.91 Å². The number of carbonyl (C=O) groups excluding carboxylic acids is 1. The molecule has 0 saturated heterocycles. The van der Waals surface area contributed by atoms with Crippen molar-refractivity contribution in [2.45, 2.75) is 45.8 Å². The summed E-state index contributed by atoms with van der Waals surface area (Å²) in [6.45, 7) is 8.05. The Kier molecular flexibility index (Phi) is 4.68. The Morgan fingerprint density at radius 1 is 1.24 bits per heavy atom. The first-order chi connectivity index (χ1) is 9.89. The van der Waals surface area contributed by atoms with Gasteiger partial charge in [0.1, 0.15) is 0 Å². The van der Waals surface area contributed by atoms with Gasteiger partial charge in [0.25, 0.3) is 0 Å². The van der Waals surface area contributed by atoms with E-state index < -0.39 is 0 Å². The highest BCUT2D eigenvalue weighted by Gasteiger charge is 2.09. The monoisotopic (exact) mass is 287 g/mol. The first-order valence-corrected chi connectivity index (χ1v) is 7.42. The quantitative estimate of drug-likeness (QED) is 0.888. The molecule has 1 heterocycles. The number of carbonyl (C=O) groups is 1. The van der Waals surface area contributed by atoms with Gasteiger partial charge in [0, 0.05) is 43.8 Å². The van der Waals surface area contributed by atoms with Gasteiger partial charge in [-0.15, -0.1) is 0 Å². The molecule has 21 heavy (non-hydrogen) atoms. The van der Waals surface area contributed by atoms with Crippen molar-refractivity contribution in [1.29, 1.82) is 0 Å². The second-order valence-electron chi connectivity index (χ2n) is 6.43. The largest absolute Gasteiger partial charge is 0.359 e. The molecule has 0 atom stereocenters. The number of nitrogens with zero attached hydrogens (tertiary/aromatic N) is 1. The lowest BCUT2D eigenvalue weighted by molar-refractivity contribution is -0.120. The molecule has 0 aliphatic heterocycles. The molecular formula is C17H25N3O. The van der Waals surface area contributed by atoms with Crippen molar-refractivity contribution >= 4 is 16.8 Å². The highest BCUT2D eigenvalue weighted by molar-refractivity contribution is 5.81. The molecule has 4 nitrogen and oxygen atoms in total. The Balaban J connectivity index is 2.14. The zero-order valence-corrected chi connectivity index (χ0v) is 13.4. The van der Waals surface area contributed by atoms with Gasteiger partial charge in [-0.1, -0.05) is 12.1 Å². The topological polar surface area (TPSA) is 46.1 Å². The van der Waals surface area contributed by atoms with Gasteiger partial charge in [-0.3, -0.25) is 4.79 Å².